The van der Waals surface area contributed by atoms with Gasteiger partial charge in [0.25, 0.3) is 5.91 Å². The summed E-state index contributed by atoms with van der Waals surface area (Å²) >= 11 is 0.633. The van der Waals surface area contributed by atoms with E-state index in [0.717, 1.165) is 0 Å². The number of aromatic nitrogens is 2. The van der Waals surface area contributed by atoms with E-state index in [-0.39, 0.29) is 23.3 Å². The minimum atomic E-state index is -0.957. The average Bonchev–Trinajstić information content (AvgIpc) is 3.06. The number of nitrogens with zero attached hydrogens (tertiary/aromatic N) is 3. The van der Waals surface area contributed by atoms with Crippen molar-refractivity contribution < 1.29 is 13.6 Å². The Bertz CT molecular complexity index is 692. The molecule has 0 radical (unpaired) electrons. The fourth-order valence-corrected chi connectivity index (χ4v) is 2.70. The SMILES string of the molecule is NSNC(=O)c1cnn2ccc(N3CC[C@H](F)C3)c(F)c12. The molecule has 112 valence electrons. The van der Waals surface area contributed by atoms with Crippen LogP contribution in [0.3, 0.4) is 0 Å². The molecule has 1 saturated heterocycles. The Kier molecular flexibility index (Phi) is 3.68. The van der Waals surface area contributed by atoms with Gasteiger partial charge in [-0.15, -0.1) is 0 Å². The summed E-state index contributed by atoms with van der Waals surface area (Å²) in [6.07, 6.45) is 2.24. The lowest BCUT2D eigenvalue weighted by molar-refractivity contribution is 0.0985. The number of hydrogen-bond donors (Lipinski definition) is 2. The molecule has 9 heteroatoms. The van der Waals surface area contributed by atoms with Gasteiger partial charge in [-0.2, -0.15) is 5.10 Å². The molecule has 3 rings (SSSR count). The van der Waals surface area contributed by atoms with Gasteiger partial charge in [-0.1, -0.05) is 0 Å². The maximum absolute atomic E-state index is 14.7. The normalized spacial score (nSPS) is 18.4. The van der Waals surface area contributed by atoms with Crippen molar-refractivity contribution in [3.05, 3.63) is 29.8 Å². The van der Waals surface area contributed by atoms with E-state index in [1.165, 1.54) is 16.8 Å². The number of carbonyl (C=O) groups excluding carboxylic acids is 1. The number of fused-ring (bicyclic) bond motifs is 1. The number of pyridine rings is 1. The van der Waals surface area contributed by atoms with E-state index >= 15 is 0 Å². The van der Waals surface area contributed by atoms with Gasteiger partial charge >= 0.3 is 0 Å². The second-order valence-corrected chi connectivity index (χ2v) is 5.19. The standard InChI is InChI=1S/C12H13F2N5OS/c13-7-1-3-18(6-7)9-2-4-19-11(10(9)14)8(5-16-19)12(20)17-21-15/h2,4-5,7H,1,3,6,15H2,(H,17,20)/t7-/m0/s1. The van der Waals surface area contributed by atoms with Crippen molar-refractivity contribution >= 4 is 29.2 Å². The zero-order chi connectivity index (χ0) is 15.0. The Morgan fingerprint density at radius 3 is 3.05 bits per heavy atom. The third kappa shape index (κ3) is 2.42. The van der Waals surface area contributed by atoms with E-state index in [4.69, 9.17) is 5.14 Å². The highest BCUT2D eigenvalue weighted by Gasteiger charge is 2.26. The highest BCUT2D eigenvalue weighted by atomic mass is 32.2. The highest BCUT2D eigenvalue weighted by Crippen LogP contribution is 2.28. The smallest absolute Gasteiger partial charge is 0.266 e. The van der Waals surface area contributed by atoms with Crippen molar-refractivity contribution in [1.82, 2.24) is 14.3 Å². The van der Waals surface area contributed by atoms with Crippen LogP contribution >= 0.6 is 12.1 Å². The van der Waals surface area contributed by atoms with Crippen LogP contribution < -0.4 is 14.8 Å². The van der Waals surface area contributed by atoms with Crippen LogP contribution in [0.2, 0.25) is 0 Å². The number of amides is 1. The van der Waals surface area contributed by atoms with Crippen LogP contribution in [0.1, 0.15) is 16.8 Å². The third-order valence-corrected chi connectivity index (χ3v) is 3.77. The lowest BCUT2D eigenvalue weighted by Gasteiger charge is -2.18. The summed E-state index contributed by atoms with van der Waals surface area (Å²) < 4.78 is 31.6. The summed E-state index contributed by atoms with van der Waals surface area (Å²) in [5, 5.41) is 9.11. The molecule has 0 aliphatic carbocycles. The highest BCUT2D eigenvalue weighted by molar-refractivity contribution is 7.95. The molecular weight excluding hydrogens is 300 g/mol. The molecule has 3 heterocycles. The quantitative estimate of drug-likeness (QED) is 0.835. The van der Waals surface area contributed by atoms with Gasteiger partial charge in [-0.3, -0.25) is 14.7 Å². The fraction of sp³-hybridized carbons (Fsp3) is 0.333. The predicted molar refractivity (Wildman–Crippen MR) is 76.1 cm³/mol. The first-order valence-electron chi connectivity index (χ1n) is 6.32. The maximum Gasteiger partial charge on any atom is 0.266 e. The fourth-order valence-electron chi connectivity index (χ4n) is 2.49. The molecule has 3 N–H and O–H groups in total. The van der Waals surface area contributed by atoms with Gasteiger partial charge in [0.2, 0.25) is 0 Å². The zero-order valence-electron chi connectivity index (χ0n) is 10.9. The first-order valence-corrected chi connectivity index (χ1v) is 7.20. The number of carbonyl (C=O) groups is 1. The predicted octanol–water partition coefficient (Wildman–Crippen LogP) is 1.27. The van der Waals surface area contributed by atoms with Crippen molar-refractivity contribution in [2.24, 2.45) is 5.14 Å². The van der Waals surface area contributed by atoms with Crippen LogP contribution in [0.15, 0.2) is 18.5 Å². The molecule has 21 heavy (non-hydrogen) atoms. The number of anilines is 1. The van der Waals surface area contributed by atoms with Crippen molar-refractivity contribution in [3.63, 3.8) is 0 Å². The monoisotopic (exact) mass is 313 g/mol. The second kappa shape index (κ2) is 5.49. The number of halogens is 2. The molecule has 1 fully saturated rings. The van der Waals surface area contributed by atoms with Crippen LogP contribution in [0.25, 0.3) is 5.52 Å². The second-order valence-electron chi connectivity index (χ2n) is 4.75. The summed E-state index contributed by atoms with van der Waals surface area (Å²) in [6, 6.07) is 1.53. The molecule has 0 unspecified atom stereocenters. The van der Waals surface area contributed by atoms with E-state index in [1.807, 2.05) is 0 Å². The molecule has 2 aromatic heterocycles. The zero-order valence-corrected chi connectivity index (χ0v) is 11.7. The first kappa shape index (κ1) is 14.1. The molecule has 1 aliphatic rings. The van der Waals surface area contributed by atoms with Gasteiger partial charge in [0.1, 0.15) is 11.7 Å². The molecule has 0 saturated carbocycles. The van der Waals surface area contributed by atoms with Crippen LogP contribution in [0.5, 0.6) is 0 Å². The molecule has 1 atom stereocenters. The number of alkyl halides is 1. The van der Waals surface area contributed by atoms with Crippen molar-refractivity contribution in [2.75, 3.05) is 18.0 Å². The molecular formula is C12H13F2N5OS. The average molecular weight is 313 g/mol. The Morgan fingerprint density at radius 1 is 1.57 bits per heavy atom. The first-order chi connectivity index (χ1) is 10.1. The lowest BCUT2D eigenvalue weighted by Crippen LogP contribution is -2.22. The minimum Gasteiger partial charge on any atom is -0.366 e. The lowest BCUT2D eigenvalue weighted by atomic mass is 10.2. The molecule has 0 aromatic carbocycles. The molecule has 0 spiro atoms. The van der Waals surface area contributed by atoms with Crippen molar-refractivity contribution in [3.8, 4) is 0 Å². The summed E-state index contributed by atoms with van der Waals surface area (Å²) in [5.74, 6) is -1.12. The summed E-state index contributed by atoms with van der Waals surface area (Å²) in [5.41, 5.74) is 0.419. The number of nitrogens with one attached hydrogen (secondary N) is 1. The van der Waals surface area contributed by atoms with E-state index in [1.54, 1.807) is 11.1 Å². The number of nitrogens with two attached hydrogens (primary N) is 1. The van der Waals surface area contributed by atoms with E-state index < -0.39 is 17.9 Å². The van der Waals surface area contributed by atoms with Crippen molar-refractivity contribution in [1.29, 1.82) is 0 Å². The Morgan fingerprint density at radius 2 is 2.38 bits per heavy atom. The molecule has 1 aliphatic heterocycles. The molecule has 0 bridgehead atoms. The third-order valence-electron chi connectivity index (χ3n) is 3.47. The van der Waals surface area contributed by atoms with Gasteiger partial charge in [0.15, 0.2) is 5.82 Å². The van der Waals surface area contributed by atoms with Gasteiger partial charge in [-0.25, -0.2) is 13.3 Å². The van der Waals surface area contributed by atoms with E-state index in [0.29, 0.717) is 25.1 Å². The van der Waals surface area contributed by atoms with Gasteiger partial charge in [-0.05, 0) is 12.5 Å². The van der Waals surface area contributed by atoms with Crippen LogP contribution in [-0.2, 0) is 0 Å². The van der Waals surface area contributed by atoms with Crippen molar-refractivity contribution in [2.45, 2.75) is 12.6 Å². The summed E-state index contributed by atoms with van der Waals surface area (Å²) in [4.78, 5) is 13.5. The van der Waals surface area contributed by atoms with E-state index in [9.17, 15) is 13.6 Å². The summed E-state index contributed by atoms with van der Waals surface area (Å²) in [6.45, 7) is 0.601. The topological polar surface area (TPSA) is 75.7 Å². The van der Waals surface area contributed by atoms with Crippen LogP contribution in [0, 0.1) is 5.82 Å². The minimum absolute atomic E-state index is 0.0568. The Balaban J connectivity index is 2.06. The molecule has 1 amide bonds. The largest absolute Gasteiger partial charge is 0.366 e. The van der Waals surface area contributed by atoms with Gasteiger partial charge in [0, 0.05) is 31.4 Å². The number of hydrogen-bond acceptors (Lipinski definition) is 5. The summed E-state index contributed by atoms with van der Waals surface area (Å²) in [7, 11) is 0. The van der Waals surface area contributed by atoms with Crippen LogP contribution in [0.4, 0.5) is 14.5 Å². The Labute approximate surface area is 123 Å². The number of rotatable bonds is 3. The molecule has 6 nitrogen and oxygen atoms in total. The van der Waals surface area contributed by atoms with Gasteiger partial charge in [0.05, 0.1) is 17.4 Å². The van der Waals surface area contributed by atoms with Gasteiger partial charge < -0.3 is 4.90 Å². The maximum atomic E-state index is 14.7. The Hall–Kier alpha value is -1.87. The van der Waals surface area contributed by atoms with Crippen LogP contribution in [-0.4, -0.2) is 34.8 Å². The molecule has 2 aromatic rings. The van der Waals surface area contributed by atoms with E-state index in [2.05, 4.69) is 9.82 Å².